The topological polar surface area (TPSA) is 100 Å². The molecule has 10 heteroatoms. The number of amides is 3. The van der Waals surface area contributed by atoms with Gasteiger partial charge in [0.1, 0.15) is 11.8 Å². The molecule has 0 spiro atoms. The van der Waals surface area contributed by atoms with Crippen molar-refractivity contribution in [2.75, 3.05) is 31.2 Å². The summed E-state index contributed by atoms with van der Waals surface area (Å²) >= 11 is 6.61. The highest BCUT2D eigenvalue weighted by atomic mass is 35.5. The van der Waals surface area contributed by atoms with Crippen LogP contribution in [-0.2, 0) is 38.8 Å². The summed E-state index contributed by atoms with van der Waals surface area (Å²) in [6.07, 6.45) is 4.49. The van der Waals surface area contributed by atoms with Crippen LogP contribution >= 0.6 is 11.6 Å². The van der Waals surface area contributed by atoms with Crippen molar-refractivity contribution in [2.24, 2.45) is 5.92 Å². The minimum Gasteiger partial charge on any atom is -0.494 e. The first-order valence-electron chi connectivity index (χ1n) is 16.2. The normalized spacial score (nSPS) is 17.9. The third-order valence-electron chi connectivity index (χ3n) is 8.54. The van der Waals surface area contributed by atoms with E-state index >= 15 is 0 Å². The summed E-state index contributed by atoms with van der Waals surface area (Å²) in [6, 6.07) is 22.5. The SMILES string of the molecule is O=C(NCc1ccc(Cl)c(CN(C(=O)[C@H]2CNCC(=O)N2c2ccc(OCCCOCc3ccccc3)cc2)C2CC2)c1)C1CC1. The number of anilines is 1. The number of hydrogen-bond donors (Lipinski definition) is 2. The van der Waals surface area contributed by atoms with E-state index < -0.39 is 6.04 Å². The van der Waals surface area contributed by atoms with Crippen molar-refractivity contribution in [2.45, 2.75) is 63.9 Å². The average Bonchev–Trinajstić information content (AvgIpc) is 4.00. The molecule has 0 radical (unpaired) electrons. The monoisotopic (exact) mass is 644 g/mol. The molecule has 1 saturated heterocycles. The van der Waals surface area contributed by atoms with E-state index in [-0.39, 0.29) is 36.2 Å². The van der Waals surface area contributed by atoms with Gasteiger partial charge < -0.3 is 25.0 Å². The average molecular weight is 645 g/mol. The molecule has 2 saturated carbocycles. The van der Waals surface area contributed by atoms with E-state index in [0.717, 1.165) is 48.8 Å². The van der Waals surface area contributed by atoms with E-state index in [0.29, 0.717) is 55.9 Å². The van der Waals surface area contributed by atoms with Crippen LogP contribution in [0.3, 0.4) is 0 Å². The predicted octanol–water partition coefficient (Wildman–Crippen LogP) is 4.85. The molecule has 9 nitrogen and oxygen atoms in total. The van der Waals surface area contributed by atoms with Crippen LogP contribution in [-0.4, -0.2) is 61.0 Å². The van der Waals surface area contributed by atoms with Crippen LogP contribution in [0.1, 0.15) is 48.8 Å². The molecule has 3 aliphatic rings. The summed E-state index contributed by atoms with van der Waals surface area (Å²) in [5, 5.41) is 6.70. The third-order valence-corrected chi connectivity index (χ3v) is 8.91. The first-order chi connectivity index (χ1) is 22.5. The third kappa shape index (κ3) is 8.46. The van der Waals surface area contributed by atoms with E-state index in [4.69, 9.17) is 21.1 Å². The van der Waals surface area contributed by atoms with Gasteiger partial charge in [-0.1, -0.05) is 54.1 Å². The lowest BCUT2D eigenvalue weighted by Gasteiger charge is -2.38. The van der Waals surface area contributed by atoms with Gasteiger partial charge in [0, 0.05) is 48.7 Å². The molecule has 3 aromatic carbocycles. The van der Waals surface area contributed by atoms with Crippen molar-refractivity contribution in [1.82, 2.24) is 15.5 Å². The molecule has 1 atom stereocenters. The molecule has 6 rings (SSSR count). The lowest BCUT2D eigenvalue weighted by molar-refractivity contribution is -0.136. The lowest BCUT2D eigenvalue weighted by atomic mass is 10.1. The fraction of sp³-hybridized carbons (Fsp3) is 0.417. The van der Waals surface area contributed by atoms with Gasteiger partial charge in [0.15, 0.2) is 0 Å². The summed E-state index contributed by atoms with van der Waals surface area (Å²) in [4.78, 5) is 43.0. The second kappa shape index (κ2) is 15.1. The summed E-state index contributed by atoms with van der Waals surface area (Å²) in [7, 11) is 0. The number of rotatable bonds is 15. The second-order valence-corrected chi connectivity index (χ2v) is 12.7. The van der Waals surface area contributed by atoms with Crippen LogP contribution in [0.4, 0.5) is 5.69 Å². The van der Waals surface area contributed by atoms with Gasteiger partial charge in [-0.05, 0) is 72.7 Å². The Hall–Kier alpha value is -3.92. The van der Waals surface area contributed by atoms with Gasteiger partial charge in [-0.25, -0.2) is 0 Å². The zero-order valence-corrected chi connectivity index (χ0v) is 26.7. The maximum absolute atomic E-state index is 14.1. The van der Waals surface area contributed by atoms with E-state index in [1.54, 1.807) is 4.90 Å². The first kappa shape index (κ1) is 32.0. The lowest BCUT2D eigenvalue weighted by Crippen LogP contribution is -2.61. The highest BCUT2D eigenvalue weighted by Gasteiger charge is 2.41. The Kier molecular flexibility index (Phi) is 10.5. The van der Waals surface area contributed by atoms with Crippen molar-refractivity contribution < 1.29 is 23.9 Å². The van der Waals surface area contributed by atoms with Crippen LogP contribution in [0.2, 0.25) is 5.02 Å². The zero-order chi connectivity index (χ0) is 31.9. The Bertz CT molecular complexity index is 1510. The fourth-order valence-electron chi connectivity index (χ4n) is 5.69. The summed E-state index contributed by atoms with van der Waals surface area (Å²) in [5.74, 6) is 0.659. The zero-order valence-electron chi connectivity index (χ0n) is 26.0. The molecule has 3 amide bonds. The van der Waals surface area contributed by atoms with E-state index in [1.807, 2.05) is 77.7 Å². The molecule has 1 aliphatic heterocycles. The molecule has 0 bridgehead atoms. The van der Waals surface area contributed by atoms with E-state index in [9.17, 15) is 14.4 Å². The smallest absolute Gasteiger partial charge is 0.247 e. The molecular weight excluding hydrogens is 604 g/mol. The number of nitrogens with zero attached hydrogens (tertiary/aromatic N) is 2. The number of halogens is 1. The van der Waals surface area contributed by atoms with Gasteiger partial charge in [-0.2, -0.15) is 0 Å². The molecule has 242 valence electrons. The van der Waals surface area contributed by atoms with Crippen molar-refractivity contribution in [3.8, 4) is 5.75 Å². The minimum absolute atomic E-state index is 0.0876. The Balaban J connectivity index is 1.06. The van der Waals surface area contributed by atoms with Gasteiger partial charge >= 0.3 is 0 Å². The first-order valence-corrected chi connectivity index (χ1v) is 16.6. The maximum Gasteiger partial charge on any atom is 0.247 e. The Morgan fingerprint density at radius 2 is 1.74 bits per heavy atom. The van der Waals surface area contributed by atoms with Crippen LogP contribution in [0.5, 0.6) is 5.75 Å². The quantitative estimate of drug-likeness (QED) is 0.230. The van der Waals surface area contributed by atoms with Crippen molar-refractivity contribution >= 4 is 35.0 Å². The summed E-state index contributed by atoms with van der Waals surface area (Å²) in [6.45, 7) is 2.96. The number of carbonyl (C=O) groups excluding carboxylic acids is 3. The van der Waals surface area contributed by atoms with Gasteiger partial charge in [0.2, 0.25) is 17.7 Å². The summed E-state index contributed by atoms with van der Waals surface area (Å²) < 4.78 is 11.6. The number of carbonyl (C=O) groups is 3. The van der Waals surface area contributed by atoms with Crippen molar-refractivity contribution in [3.63, 3.8) is 0 Å². The van der Waals surface area contributed by atoms with Gasteiger partial charge in [-0.3, -0.25) is 19.3 Å². The Morgan fingerprint density at radius 3 is 2.48 bits per heavy atom. The van der Waals surface area contributed by atoms with Crippen LogP contribution in [0, 0.1) is 5.92 Å². The maximum atomic E-state index is 14.1. The molecule has 3 fully saturated rings. The highest BCUT2D eigenvalue weighted by molar-refractivity contribution is 6.31. The van der Waals surface area contributed by atoms with E-state index in [2.05, 4.69) is 10.6 Å². The molecule has 0 unspecified atom stereocenters. The molecule has 2 N–H and O–H groups in total. The Morgan fingerprint density at radius 1 is 0.957 bits per heavy atom. The second-order valence-electron chi connectivity index (χ2n) is 12.3. The minimum atomic E-state index is -0.685. The fourth-order valence-corrected chi connectivity index (χ4v) is 5.87. The number of hydrogen-bond acceptors (Lipinski definition) is 6. The van der Waals surface area contributed by atoms with Crippen LogP contribution in [0.25, 0.3) is 0 Å². The van der Waals surface area contributed by atoms with Gasteiger partial charge in [0.25, 0.3) is 0 Å². The Labute approximate surface area is 275 Å². The largest absolute Gasteiger partial charge is 0.494 e. The molecule has 2 aliphatic carbocycles. The van der Waals surface area contributed by atoms with Crippen molar-refractivity contribution in [1.29, 1.82) is 0 Å². The number of piperazine rings is 1. The van der Waals surface area contributed by atoms with Crippen LogP contribution < -0.4 is 20.3 Å². The molecule has 0 aromatic heterocycles. The van der Waals surface area contributed by atoms with Crippen LogP contribution in [0.15, 0.2) is 72.8 Å². The van der Waals surface area contributed by atoms with E-state index in [1.165, 1.54) is 0 Å². The molecular formula is C36H41ClN4O5. The molecule has 3 aromatic rings. The predicted molar refractivity (Wildman–Crippen MR) is 176 cm³/mol. The number of nitrogens with one attached hydrogen (secondary N) is 2. The number of benzene rings is 3. The van der Waals surface area contributed by atoms with Gasteiger partial charge in [0.05, 0.1) is 26.4 Å². The standard InChI is InChI=1S/C36H41ClN4O5/c37-32-16-7-26(20-39-35(43)27-8-9-27)19-28(32)23-40(29-10-11-29)36(44)33-21-38-22-34(42)41(33)30-12-14-31(15-13-30)46-18-4-17-45-24-25-5-2-1-3-6-25/h1-3,5-7,12-16,19,27,29,33,38H,4,8-11,17-18,20-24H2,(H,39,43)/t33-/m1/s1. The number of ether oxygens (including phenoxy) is 2. The van der Waals surface area contributed by atoms with Crippen molar-refractivity contribution in [3.05, 3.63) is 94.5 Å². The highest BCUT2D eigenvalue weighted by Crippen LogP contribution is 2.33. The van der Waals surface area contributed by atoms with Gasteiger partial charge in [-0.15, -0.1) is 0 Å². The summed E-state index contributed by atoms with van der Waals surface area (Å²) in [5.41, 5.74) is 3.57. The molecule has 1 heterocycles. The molecule has 46 heavy (non-hydrogen) atoms.